The molecule has 0 fully saturated rings. The summed E-state index contributed by atoms with van der Waals surface area (Å²) in [6.07, 6.45) is 0.398. The second-order valence-electron chi connectivity index (χ2n) is 5.17. The normalized spacial score (nSPS) is 17.0. The number of hydrogen-bond donors (Lipinski definition) is 1. The number of nitrogens with zero attached hydrogens (tertiary/aromatic N) is 2. The van der Waals surface area contributed by atoms with Crippen LogP contribution in [0.4, 0.5) is 5.82 Å². The molecule has 116 valence electrons. The van der Waals surface area contributed by atoms with Gasteiger partial charge in [0, 0.05) is 17.9 Å². The fourth-order valence-electron chi connectivity index (χ4n) is 2.82. The van der Waals surface area contributed by atoms with Gasteiger partial charge in [-0.3, -0.25) is 9.59 Å². The monoisotopic (exact) mass is 319 g/mol. The Morgan fingerprint density at radius 3 is 3.09 bits per heavy atom. The summed E-state index contributed by atoms with van der Waals surface area (Å²) in [5, 5.41) is 11.3. The van der Waals surface area contributed by atoms with Crippen molar-refractivity contribution in [1.82, 2.24) is 9.78 Å². The van der Waals surface area contributed by atoms with Crippen LogP contribution in [0.1, 0.15) is 36.1 Å². The van der Waals surface area contributed by atoms with E-state index in [4.69, 9.17) is 4.74 Å². The predicted octanol–water partition coefficient (Wildman–Crippen LogP) is 2.29. The first-order valence-electron chi connectivity index (χ1n) is 7.15. The summed E-state index contributed by atoms with van der Waals surface area (Å²) in [7, 11) is 0. The van der Waals surface area contributed by atoms with E-state index in [1.165, 1.54) is 4.68 Å². The molecule has 0 aliphatic carbocycles. The molecule has 0 bridgehead atoms. The van der Waals surface area contributed by atoms with E-state index in [0.717, 1.165) is 16.8 Å². The Morgan fingerprint density at radius 2 is 2.41 bits per heavy atom. The molecule has 0 spiro atoms. The standard InChI is InChI=1S/C15H17N3O3S/c1-3-21-13(20)7-18-15-14(9(2)17-18)11(6-12(19)16-15)10-4-5-22-8-10/h4-5,8,11H,3,6-7H2,1-2H3,(H,16,19)/t11-/m0/s1. The zero-order chi connectivity index (χ0) is 15.7. The maximum absolute atomic E-state index is 12.0. The van der Waals surface area contributed by atoms with Crippen LogP contribution < -0.4 is 5.32 Å². The smallest absolute Gasteiger partial charge is 0.327 e. The van der Waals surface area contributed by atoms with Gasteiger partial charge in [0.1, 0.15) is 12.4 Å². The van der Waals surface area contributed by atoms with Crippen LogP contribution in [0.15, 0.2) is 16.8 Å². The number of rotatable bonds is 4. The first kappa shape index (κ1) is 14.8. The number of ether oxygens (including phenoxy) is 1. The van der Waals surface area contributed by atoms with Gasteiger partial charge in [0.05, 0.1) is 12.3 Å². The third-order valence-corrected chi connectivity index (χ3v) is 4.40. The van der Waals surface area contributed by atoms with Crippen molar-refractivity contribution in [1.29, 1.82) is 0 Å². The third-order valence-electron chi connectivity index (χ3n) is 3.70. The molecule has 3 heterocycles. The summed E-state index contributed by atoms with van der Waals surface area (Å²) in [5.74, 6) is 0.178. The highest BCUT2D eigenvalue weighted by molar-refractivity contribution is 7.08. The van der Waals surface area contributed by atoms with Crippen molar-refractivity contribution in [2.24, 2.45) is 0 Å². The third kappa shape index (κ3) is 2.64. The Labute approximate surface area is 132 Å². The van der Waals surface area contributed by atoms with Crippen LogP contribution in [0.5, 0.6) is 0 Å². The lowest BCUT2D eigenvalue weighted by atomic mass is 9.87. The molecule has 3 rings (SSSR count). The molecule has 6 nitrogen and oxygen atoms in total. The van der Waals surface area contributed by atoms with E-state index < -0.39 is 0 Å². The first-order chi connectivity index (χ1) is 10.6. The highest BCUT2D eigenvalue weighted by atomic mass is 32.1. The van der Waals surface area contributed by atoms with E-state index in [1.54, 1.807) is 18.3 Å². The molecular formula is C15H17N3O3S. The largest absolute Gasteiger partial charge is 0.465 e. The number of amides is 1. The molecule has 1 amide bonds. The number of esters is 1. The number of nitrogens with one attached hydrogen (secondary N) is 1. The summed E-state index contributed by atoms with van der Waals surface area (Å²) in [5.41, 5.74) is 2.93. The van der Waals surface area contributed by atoms with Gasteiger partial charge in [-0.05, 0) is 36.2 Å². The molecular weight excluding hydrogens is 302 g/mol. The Hall–Kier alpha value is -2.15. The second-order valence-corrected chi connectivity index (χ2v) is 5.95. The fraction of sp³-hybridized carbons (Fsp3) is 0.400. The minimum absolute atomic E-state index is 0.000645. The van der Waals surface area contributed by atoms with Gasteiger partial charge in [-0.25, -0.2) is 4.68 Å². The Morgan fingerprint density at radius 1 is 1.59 bits per heavy atom. The van der Waals surface area contributed by atoms with Crippen LogP contribution in [0.3, 0.4) is 0 Å². The number of aromatic nitrogens is 2. The summed E-state index contributed by atoms with van der Waals surface area (Å²) >= 11 is 1.61. The van der Waals surface area contributed by atoms with Crippen molar-refractivity contribution in [2.75, 3.05) is 11.9 Å². The summed E-state index contributed by atoms with van der Waals surface area (Å²) in [6, 6.07) is 2.03. The van der Waals surface area contributed by atoms with Gasteiger partial charge in [0.25, 0.3) is 0 Å². The van der Waals surface area contributed by atoms with Gasteiger partial charge < -0.3 is 10.1 Å². The number of anilines is 1. The Balaban J connectivity index is 1.99. The van der Waals surface area contributed by atoms with E-state index in [9.17, 15) is 9.59 Å². The molecule has 1 N–H and O–H groups in total. The molecule has 0 saturated carbocycles. The maximum atomic E-state index is 12.0. The number of carbonyl (C=O) groups is 2. The minimum atomic E-state index is -0.361. The Kier molecular flexibility index (Phi) is 3.98. The zero-order valence-electron chi connectivity index (χ0n) is 12.5. The molecule has 1 aliphatic rings. The molecule has 0 saturated heterocycles. The van der Waals surface area contributed by atoms with Crippen molar-refractivity contribution in [2.45, 2.75) is 32.7 Å². The average molecular weight is 319 g/mol. The minimum Gasteiger partial charge on any atom is -0.465 e. The summed E-state index contributed by atoms with van der Waals surface area (Å²) < 4.78 is 6.49. The van der Waals surface area contributed by atoms with Gasteiger partial charge in [-0.15, -0.1) is 0 Å². The highest BCUT2D eigenvalue weighted by Gasteiger charge is 2.32. The lowest BCUT2D eigenvalue weighted by Crippen LogP contribution is -2.26. The number of carbonyl (C=O) groups excluding carboxylic acids is 2. The molecule has 2 aromatic heterocycles. The van der Waals surface area contributed by atoms with E-state index in [1.807, 2.05) is 18.4 Å². The molecule has 1 aliphatic heterocycles. The quantitative estimate of drug-likeness (QED) is 0.878. The zero-order valence-corrected chi connectivity index (χ0v) is 13.3. The van der Waals surface area contributed by atoms with Gasteiger partial charge in [0.2, 0.25) is 5.91 Å². The number of thiophene rings is 1. The van der Waals surface area contributed by atoms with Crippen LogP contribution >= 0.6 is 11.3 Å². The van der Waals surface area contributed by atoms with Gasteiger partial charge >= 0.3 is 5.97 Å². The topological polar surface area (TPSA) is 73.2 Å². The Bertz CT molecular complexity index is 706. The molecule has 0 radical (unpaired) electrons. The van der Waals surface area contributed by atoms with Gasteiger partial charge in [0.15, 0.2) is 0 Å². The fourth-order valence-corrected chi connectivity index (χ4v) is 3.53. The van der Waals surface area contributed by atoms with E-state index in [0.29, 0.717) is 18.8 Å². The number of hydrogen-bond acceptors (Lipinski definition) is 5. The summed E-state index contributed by atoms with van der Waals surface area (Å²) in [6.45, 7) is 3.99. The average Bonchev–Trinajstić information content (AvgIpc) is 3.08. The van der Waals surface area contributed by atoms with E-state index >= 15 is 0 Å². The maximum Gasteiger partial charge on any atom is 0.327 e. The van der Waals surface area contributed by atoms with Gasteiger partial charge in [-0.1, -0.05) is 0 Å². The van der Waals surface area contributed by atoms with Crippen LogP contribution in [-0.4, -0.2) is 28.3 Å². The van der Waals surface area contributed by atoms with Crippen molar-refractivity contribution in [3.63, 3.8) is 0 Å². The second kappa shape index (κ2) is 5.92. The summed E-state index contributed by atoms with van der Waals surface area (Å²) in [4.78, 5) is 23.7. The molecule has 22 heavy (non-hydrogen) atoms. The molecule has 2 aromatic rings. The van der Waals surface area contributed by atoms with Crippen molar-refractivity contribution in [3.8, 4) is 0 Å². The molecule has 7 heteroatoms. The van der Waals surface area contributed by atoms with Crippen molar-refractivity contribution in [3.05, 3.63) is 33.6 Å². The van der Waals surface area contributed by atoms with E-state index in [2.05, 4.69) is 15.8 Å². The van der Waals surface area contributed by atoms with Crippen molar-refractivity contribution >= 4 is 29.0 Å². The number of fused-ring (bicyclic) bond motifs is 1. The molecule has 0 aromatic carbocycles. The van der Waals surface area contributed by atoms with Crippen molar-refractivity contribution < 1.29 is 14.3 Å². The van der Waals surface area contributed by atoms with Crippen LogP contribution in [0.25, 0.3) is 0 Å². The predicted molar refractivity (Wildman–Crippen MR) is 83.0 cm³/mol. The highest BCUT2D eigenvalue weighted by Crippen LogP contribution is 2.39. The van der Waals surface area contributed by atoms with E-state index in [-0.39, 0.29) is 24.3 Å². The molecule has 0 unspecified atom stereocenters. The van der Waals surface area contributed by atoms with Gasteiger partial charge in [-0.2, -0.15) is 16.4 Å². The lowest BCUT2D eigenvalue weighted by molar-refractivity contribution is -0.144. The molecule has 1 atom stereocenters. The van der Waals surface area contributed by atoms with Crippen LogP contribution in [0, 0.1) is 6.92 Å². The van der Waals surface area contributed by atoms with Crippen LogP contribution in [0.2, 0.25) is 0 Å². The SMILES string of the molecule is CCOC(=O)Cn1nc(C)c2c1NC(=O)C[C@H]2c1ccsc1. The lowest BCUT2D eigenvalue weighted by Gasteiger charge is -2.23. The van der Waals surface area contributed by atoms with Crippen LogP contribution in [-0.2, 0) is 20.9 Å². The first-order valence-corrected chi connectivity index (χ1v) is 8.09. The number of aryl methyl sites for hydroxylation is 1.